The number of ether oxygens (including phenoxy) is 1. The number of benzene rings is 1. The number of carbonyl (C=O) groups is 1. The molecule has 4 nitrogen and oxygen atoms in total. The summed E-state index contributed by atoms with van der Waals surface area (Å²) in [5.41, 5.74) is 2.15. The maximum atomic E-state index is 11.2. The topological polar surface area (TPSA) is 43.6 Å². The predicted molar refractivity (Wildman–Crippen MR) is 73.0 cm³/mol. The number of pyridine rings is 1. The van der Waals surface area contributed by atoms with Crippen LogP contribution in [0.1, 0.15) is 12.2 Å². The van der Waals surface area contributed by atoms with Crippen LogP contribution in [-0.4, -0.2) is 22.5 Å². The third-order valence-corrected chi connectivity index (χ3v) is 3.25. The van der Waals surface area contributed by atoms with Crippen molar-refractivity contribution >= 4 is 22.4 Å². The van der Waals surface area contributed by atoms with Crippen LogP contribution in [0.3, 0.4) is 0 Å². The lowest BCUT2D eigenvalue weighted by Gasteiger charge is -2.05. The molecule has 2 aromatic heterocycles. The molecule has 0 bridgehead atoms. The van der Waals surface area contributed by atoms with Gasteiger partial charge in [0.2, 0.25) is 0 Å². The summed E-state index contributed by atoms with van der Waals surface area (Å²) in [5, 5.41) is 1.16. The Kier molecular flexibility index (Phi) is 2.91. The summed E-state index contributed by atoms with van der Waals surface area (Å²) in [6.45, 7) is 0. The smallest absolute Gasteiger partial charge is 0.305 e. The first kappa shape index (κ1) is 11.7. The summed E-state index contributed by atoms with van der Waals surface area (Å²) in [6, 6.07) is 12.3. The van der Waals surface area contributed by atoms with Gasteiger partial charge in [0.1, 0.15) is 5.82 Å². The zero-order valence-electron chi connectivity index (χ0n) is 10.7. The highest BCUT2D eigenvalue weighted by Gasteiger charge is 2.09. The number of aromatic nitrogens is 2. The minimum Gasteiger partial charge on any atom is -0.469 e. The van der Waals surface area contributed by atoms with E-state index in [0.717, 1.165) is 22.2 Å². The molecular formula is C15H14N2O2. The van der Waals surface area contributed by atoms with Crippen LogP contribution in [0, 0.1) is 0 Å². The highest BCUT2D eigenvalue weighted by atomic mass is 16.5. The van der Waals surface area contributed by atoms with Crippen LogP contribution >= 0.6 is 0 Å². The first-order chi connectivity index (χ1) is 9.29. The normalized spacial score (nSPS) is 11.0. The molecule has 0 N–H and O–H groups in total. The molecule has 0 aliphatic rings. The Morgan fingerprint density at radius 2 is 2.11 bits per heavy atom. The molecule has 19 heavy (non-hydrogen) atoms. The molecule has 0 aliphatic heterocycles. The van der Waals surface area contributed by atoms with Crippen molar-refractivity contribution in [1.29, 1.82) is 0 Å². The molecule has 3 rings (SSSR count). The molecular weight excluding hydrogens is 240 g/mol. The van der Waals surface area contributed by atoms with Crippen molar-refractivity contribution in [2.24, 2.45) is 0 Å². The molecule has 0 spiro atoms. The van der Waals surface area contributed by atoms with Gasteiger partial charge in [0.05, 0.1) is 30.8 Å². The van der Waals surface area contributed by atoms with Crippen molar-refractivity contribution in [2.75, 3.05) is 7.11 Å². The average Bonchev–Trinajstić information content (AvgIpc) is 2.88. The number of hydrogen-bond acceptors (Lipinski definition) is 3. The fourth-order valence-electron chi connectivity index (χ4n) is 2.30. The zero-order valence-corrected chi connectivity index (χ0v) is 10.7. The van der Waals surface area contributed by atoms with Gasteiger partial charge in [0, 0.05) is 6.42 Å². The van der Waals surface area contributed by atoms with Crippen LogP contribution in [-0.2, 0) is 16.0 Å². The first-order valence-electron chi connectivity index (χ1n) is 6.20. The predicted octanol–water partition coefficient (Wildman–Crippen LogP) is 2.59. The lowest BCUT2D eigenvalue weighted by atomic mass is 10.2. The van der Waals surface area contributed by atoms with Crippen LogP contribution in [0.5, 0.6) is 0 Å². The van der Waals surface area contributed by atoms with Crippen molar-refractivity contribution in [1.82, 2.24) is 9.38 Å². The Bertz CT molecular complexity index is 746. The average molecular weight is 254 g/mol. The monoisotopic (exact) mass is 254 g/mol. The van der Waals surface area contributed by atoms with E-state index in [1.807, 2.05) is 24.4 Å². The highest BCUT2D eigenvalue weighted by Crippen LogP contribution is 2.19. The van der Waals surface area contributed by atoms with Gasteiger partial charge in [-0.15, -0.1) is 0 Å². The number of rotatable bonds is 3. The number of para-hydroxylation sites is 1. The SMILES string of the molecule is COC(=O)CCc1ncc2ccc3ccccc3n12. The van der Waals surface area contributed by atoms with Crippen LogP contribution in [0.4, 0.5) is 0 Å². The molecule has 3 aromatic rings. The van der Waals surface area contributed by atoms with Gasteiger partial charge >= 0.3 is 5.97 Å². The van der Waals surface area contributed by atoms with E-state index in [-0.39, 0.29) is 5.97 Å². The highest BCUT2D eigenvalue weighted by molar-refractivity contribution is 5.82. The molecule has 0 saturated carbocycles. The second-order valence-corrected chi connectivity index (χ2v) is 4.40. The van der Waals surface area contributed by atoms with E-state index in [1.54, 1.807) is 0 Å². The van der Waals surface area contributed by atoms with E-state index in [9.17, 15) is 4.79 Å². The quantitative estimate of drug-likeness (QED) is 0.675. The Morgan fingerprint density at radius 3 is 2.95 bits per heavy atom. The largest absolute Gasteiger partial charge is 0.469 e. The molecule has 96 valence electrons. The maximum Gasteiger partial charge on any atom is 0.305 e. The number of hydrogen-bond donors (Lipinski definition) is 0. The molecule has 1 aromatic carbocycles. The van der Waals surface area contributed by atoms with Crippen LogP contribution < -0.4 is 0 Å². The minimum atomic E-state index is -0.211. The lowest BCUT2D eigenvalue weighted by Crippen LogP contribution is -2.04. The molecule has 0 radical (unpaired) electrons. The number of carbonyl (C=O) groups excluding carboxylic acids is 1. The number of fused-ring (bicyclic) bond motifs is 3. The summed E-state index contributed by atoms with van der Waals surface area (Å²) in [6.07, 6.45) is 2.76. The molecule has 0 amide bonds. The van der Waals surface area contributed by atoms with Gasteiger partial charge in [-0.1, -0.05) is 24.3 Å². The third kappa shape index (κ3) is 2.05. The second-order valence-electron chi connectivity index (χ2n) is 4.40. The molecule has 2 heterocycles. The third-order valence-electron chi connectivity index (χ3n) is 3.25. The van der Waals surface area contributed by atoms with E-state index >= 15 is 0 Å². The fraction of sp³-hybridized carbons (Fsp3) is 0.200. The standard InChI is InChI=1S/C15H14N2O2/c1-19-15(18)9-8-14-16-10-12-7-6-11-4-2-3-5-13(11)17(12)14/h2-7,10H,8-9H2,1H3. The van der Waals surface area contributed by atoms with Crippen molar-refractivity contribution in [3.05, 3.63) is 48.4 Å². The van der Waals surface area contributed by atoms with E-state index in [4.69, 9.17) is 0 Å². The van der Waals surface area contributed by atoms with Gasteiger partial charge in [-0.2, -0.15) is 0 Å². The maximum absolute atomic E-state index is 11.2. The van der Waals surface area contributed by atoms with E-state index in [2.05, 4.69) is 32.3 Å². The number of esters is 1. The Morgan fingerprint density at radius 1 is 1.26 bits per heavy atom. The molecule has 4 heteroatoms. The second kappa shape index (κ2) is 4.72. The number of methoxy groups -OCH3 is 1. The molecule has 0 aliphatic carbocycles. The first-order valence-corrected chi connectivity index (χ1v) is 6.20. The van der Waals surface area contributed by atoms with Crippen molar-refractivity contribution in [3.8, 4) is 0 Å². The van der Waals surface area contributed by atoms with Crippen LogP contribution in [0.2, 0.25) is 0 Å². The summed E-state index contributed by atoms with van der Waals surface area (Å²) in [7, 11) is 1.40. The van der Waals surface area contributed by atoms with Crippen LogP contribution in [0.15, 0.2) is 42.6 Å². The Hall–Kier alpha value is -2.36. The van der Waals surface area contributed by atoms with Gasteiger partial charge in [0.15, 0.2) is 0 Å². The van der Waals surface area contributed by atoms with Gasteiger partial charge in [-0.05, 0) is 17.5 Å². The number of imidazole rings is 1. The number of aryl methyl sites for hydroxylation is 1. The summed E-state index contributed by atoms with van der Waals surface area (Å²) in [5.74, 6) is 0.675. The molecule has 0 atom stereocenters. The molecule has 0 fully saturated rings. The van der Waals surface area contributed by atoms with E-state index < -0.39 is 0 Å². The van der Waals surface area contributed by atoms with Crippen molar-refractivity contribution in [3.63, 3.8) is 0 Å². The van der Waals surface area contributed by atoms with E-state index in [1.165, 1.54) is 7.11 Å². The Balaban J connectivity index is 2.10. The molecule has 0 saturated heterocycles. The van der Waals surface area contributed by atoms with Crippen molar-refractivity contribution in [2.45, 2.75) is 12.8 Å². The Labute approximate surface area is 110 Å². The van der Waals surface area contributed by atoms with Crippen molar-refractivity contribution < 1.29 is 9.53 Å². The van der Waals surface area contributed by atoms with Gasteiger partial charge in [-0.25, -0.2) is 4.98 Å². The fourth-order valence-corrected chi connectivity index (χ4v) is 2.30. The molecule has 0 unspecified atom stereocenters. The van der Waals surface area contributed by atoms with Gasteiger partial charge < -0.3 is 4.74 Å². The van der Waals surface area contributed by atoms with Crippen LogP contribution in [0.25, 0.3) is 16.4 Å². The summed E-state index contributed by atoms with van der Waals surface area (Å²) < 4.78 is 6.77. The lowest BCUT2D eigenvalue weighted by molar-refractivity contribution is -0.140. The minimum absolute atomic E-state index is 0.211. The van der Waals surface area contributed by atoms with Gasteiger partial charge in [-0.3, -0.25) is 9.20 Å². The number of nitrogens with zero attached hydrogens (tertiary/aromatic N) is 2. The van der Waals surface area contributed by atoms with E-state index in [0.29, 0.717) is 12.8 Å². The van der Waals surface area contributed by atoms with Gasteiger partial charge in [0.25, 0.3) is 0 Å². The summed E-state index contributed by atoms with van der Waals surface area (Å²) in [4.78, 5) is 15.7. The summed E-state index contributed by atoms with van der Waals surface area (Å²) >= 11 is 0. The zero-order chi connectivity index (χ0) is 13.2.